The van der Waals surface area contributed by atoms with Crippen LogP contribution in [0.2, 0.25) is 0 Å². The van der Waals surface area contributed by atoms with Gasteiger partial charge in [0.15, 0.2) is 0 Å². The van der Waals surface area contributed by atoms with Crippen molar-refractivity contribution >= 4 is 5.97 Å². The predicted molar refractivity (Wildman–Crippen MR) is 56.8 cm³/mol. The van der Waals surface area contributed by atoms with Gasteiger partial charge < -0.3 is 4.74 Å². The van der Waals surface area contributed by atoms with Crippen LogP contribution in [0.15, 0.2) is 12.2 Å². The quantitative estimate of drug-likeness (QED) is 0.512. The molecule has 0 heterocycles. The molecule has 0 spiro atoms. The number of rotatable bonds is 3. The zero-order chi connectivity index (χ0) is 10.7. The van der Waals surface area contributed by atoms with Gasteiger partial charge in [-0.1, -0.05) is 20.4 Å². The molecular formula is C12H20O2. The fourth-order valence-electron chi connectivity index (χ4n) is 2.21. The summed E-state index contributed by atoms with van der Waals surface area (Å²) in [6.45, 7) is 10.3. The number of carbonyl (C=O) groups is 1. The highest BCUT2D eigenvalue weighted by Crippen LogP contribution is 2.35. The fourth-order valence-corrected chi connectivity index (χ4v) is 2.21. The van der Waals surface area contributed by atoms with E-state index in [0.29, 0.717) is 24.0 Å². The molecule has 2 nitrogen and oxygen atoms in total. The van der Waals surface area contributed by atoms with Crippen molar-refractivity contribution < 1.29 is 9.53 Å². The molecule has 2 heteroatoms. The average Bonchev–Trinajstić information content (AvgIpc) is 2.40. The number of hydrogen-bond acceptors (Lipinski definition) is 2. The summed E-state index contributed by atoms with van der Waals surface area (Å²) in [6, 6.07) is 0. The van der Waals surface area contributed by atoms with Gasteiger partial charge in [-0.05, 0) is 37.5 Å². The SMILES string of the molecule is C=C(C)C(=O)OCC1CC(C)CC1C. The lowest BCUT2D eigenvalue weighted by Gasteiger charge is -2.14. The van der Waals surface area contributed by atoms with Crippen LogP contribution in [0.25, 0.3) is 0 Å². The lowest BCUT2D eigenvalue weighted by molar-refractivity contribution is -0.140. The molecule has 14 heavy (non-hydrogen) atoms. The second kappa shape index (κ2) is 4.63. The Kier molecular flexibility index (Phi) is 3.73. The first kappa shape index (κ1) is 11.3. The number of carbonyl (C=O) groups excluding carboxylic acids is 1. The van der Waals surface area contributed by atoms with Gasteiger partial charge in [0.05, 0.1) is 6.61 Å². The Hall–Kier alpha value is -0.790. The molecule has 0 aliphatic heterocycles. The fraction of sp³-hybridized carbons (Fsp3) is 0.750. The Morgan fingerprint density at radius 3 is 2.50 bits per heavy atom. The molecule has 1 aliphatic carbocycles. The van der Waals surface area contributed by atoms with Crippen molar-refractivity contribution in [2.24, 2.45) is 17.8 Å². The van der Waals surface area contributed by atoms with E-state index >= 15 is 0 Å². The largest absolute Gasteiger partial charge is 0.462 e. The van der Waals surface area contributed by atoms with E-state index in [1.807, 2.05) is 0 Å². The molecule has 0 saturated heterocycles. The third-order valence-electron chi connectivity index (χ3n) is 3.06. The van der Waals surface area contributed by atoms with Gasteiger partial charge in [0.25, 0.3) is 0 Å². The van der Waals surface area contributed by atoms with Crippen molar-refractivity contribution in [3.63, 3.8) is 0 Å². The van der Waals surface area contributed by atoms with E-state index in [1.165, 1.54) is 12.8 Å². The summed E-state index contributed by atoms with van der Waals surface area (Å²) in [7, 11) is 0. The highest BCUT2D eigenvalue weighted by molar-refractivity contribution is 5.86. The van der Waals surface area contributed by atoms with Crippen molar-refractivity contribution in [2.45, 2.75) is 33.6 Å². The van der Waals surface area contributed by atoms with E-state index in [0.717, 1.165) is 5.92 Å². The number of ether oxygens (including phenoxy) is 1. The Balaban J connectivity index is 2.31. The summed E-state index contributed by atoms with van der Waals surface area (Å²) in [5.74, 6) is 1.76. The van der Waals surface area contributed by atoms with E-state index in [1.54, 1.807) is 6.92 Å². The van der Waals surface area contributed by atoms with Crippen LogP contribution in [0.3, 0.4) is 0 Å². The van der Waals surface area contributed by atoms with Gasteiger partial charge in [0.2, 0.25) is 0 Å². The van der Waals surface area contributed by atoms with Crippen LogP contribution >= 0.6 is 0 Å². The first-order valence-electron chi connectivity index (χ1n) is 5.33. The maximum atomic E-state index is 11.2. The lowest BCUT2D eigenvalue weighted by Crippen LogP contribution is -2.16. The maximum Gasteiger partial charge on any atom is 0.333 e. The van der Waals surface area contributed by atoms with Crippen molar-refractivity contribution in [1.82, 2.24) is 0 Å². The number of hydrogen-bond donors (Lipinski definition) is 0. The normalized spacial score (nSPS) is 31.5. The van der Waals surface area contributed by atoms with Gasteiger partial charge in [-0.3, -0.25) is 0 Å². The van der Waals surface area contributed by atoms with Gasteiger partial charge in [0, 0.05) is 5.57 Å². The van der Waals surface area contributed by atoms with E-state index < -0.39 is 0 Å². The molecule has 1 aliphatic rings. The molecule has 80 valence electrons. The van der Waals surface area contributed by atoms with Gasteiger partial charge in [0.1, 0.15) is 0 Å². The van der Waals surface area contributed by atoms with Crippen LogP contribution in [-0.4, -0.2) is 12.6 Å². The standard InChI is InChI=1S/C12H20O2/c1-8(2)12(13)14-7-11-6-9(3)5-10(11)4/h9-11H,1,5-7H2,2-4H3. The Labute approximate surface area is 86.3 Å². The third kappa shape index (κ3) is 2.86. The highest BCUT2D eigenvalue weighted by Gasteiger charge is 2.29. The summed E-state index contributed by atoms with van der Waals surface area (Å²) < 4.78 is 5.17. The molecule has 3 atom stereocenters. The smallest absolute Gasteiger partial charge is 0.333 e. The van der Waals surface area contributed by atoms with E-state index in [-0.39, 0.29) is 5.97 Å². The van der Waals surface area contributed by atoms with Crippen LogP contribution in [0.1, 0.15) is 33.6 Å². The van der Waals surface area contributed by atoms with E-state index in [2.05, 4.69) is 20.4 Å². The van der Waals surface area contributed by atoms with Crippen molar-refractivity contribution in [3.8, 4) is 0 Å². The minimum absolute atomic E-state index is 0.253. The van der Waals surface area contributed by atoms with Crippen LogP contribution in [0.5, 0.6) is 0 Å². The molecule has 1 saturated carbocycles. The highest BCUT2D eigenvalue weighted by atomic mass is 16.5. The second-order valence-corrected chi connectivity index (χ2v) is 4.69. The average molecular weight is 196 g/mol. The molecule has 0 aromatic carbocycles. The predicted octanol–water partition coefficient (Wildman–Crippen LogP) is 2.79. The molecule has 0 aromatic rings. The molecule has 0 bridgehead atoms. The van der Waals surface area contributed by atoms with Crippen molar-refractivity contribution in [2.75, 3.05) is 6.61 Å². The molecular weight excluding hydrogens is 176 g/mol. The van der Waals surface area contributed by atoms with Gasteiger partial charge >= 0.3 is 5.97 Å². The van der Waals surface area contributed by atoms with Crippen molar-refractivity contribution in [3.05, 3.63) is 12.2 Å². The molecule has 1 rings (SSSR count). The van der Waals surface area contributed by atoms with Gasteiger partial charge in [-0.15, -0.1) is 0 Å². The van der Waals surface area contributed by atoms with Gasteiger partial charge in [-0.2, -0.15) is 0 Å². The molecule has 0 N–H and O–H groups in total. The van der Waals surface area contributed by atoms with E-state index in [4.69, 9.17) is 4.74 Å². The first-order valence-corrected chi connectivity index (χ1v) is 5.33. The molecule has 3 unspecified atom stereocenters. The van der Waals surface area contributed by atoms with Gasteiger partial charge in [-0.25, -0.2) is 4.79 Å². The summed E-state index contributed by atoms with van der Waals surface area (Å²) in [4.78, 5) is 11.2. The molecule has 0 radical (unpaired) electrons. The van der Waals surface area contributed by atoms with Crippen LogP contribution < -0.4 is 0 Å². The van der Waals surface area contributed by atoms with E-state index in [9.17, 15) is 4.79 Å². The molecule has 0 amide bonds. The second-order valence-electron chi connectivity index (χ2n) is 4.69. The van der Waals surface area contributed by atoms with Crippen molar-refractivity contribution in [1.29, 1.82) is 0 Å². The molecule has 0 aromatic heterocycles. The molecule has 1 fully saturated rings. The third-order valence-corrected chi connectivity index (χ3v) is 3.06. The first-order chi connectivity index (χ1) is 6.50. The Morgan fingerprint density at radius 1 is 1.43 bits per heavy atom. The Bertz CT molecular complexity index is 232. The summed E-state index contributed by atoms with van der Waals surface area (Å²) in [5.41, 5.74) is 0.490. The zero-order valence-electron chi connectivity index (χ0n) is 9.38. The zero-order valence-corrected chi connectivity index (χ0v) is 9.38. The van der Waals surface area contributed by atoms with Crippen LogP contribution in [0.4, 0.5) is 0 Å². The lowest BCUT2D eigenvalue weighted by atomic mass is 9.99. The monoisotopic (exact) mass is 196 g/mol. The topological polar surface area (TPSA) is 26.3 Å². The minimum atomic E-state index is -0.253. The summed E-state index contributed by atoms with van der Waals surface area (Å²) in [5, 5.41) is 0. The Morgan fingerprint density at radius 2 is 2.07 bits per heavy atom. The maximum absolute atomic E-state index is 11.2. The van der Waals surface area contributed by atoms with Crippen LogP contribution in [0, 0.1) is 17.8 Å². The summed E-state index contributed by atoms with van der Waals surface area (Å²) in [6.07, 6.45) is 2.44. The minimum Gasteiger partial charge on any atom is -0.462 e. The number of esters is 1. The van der Waals surface area contributed by atoms with Crippen LogP contribution in [-0.2, 0) is 9.53 Å². The summed E-state index contributed by atoms with van der Waals surface area (Å²) >= 11 is 0.